The summed E-state index contributed by atoms with van der Waals surface area (Å²) in [6, 6.07) is 20.9. The molecule has 1 aromatic heterocycles. The first kappa shape index (κ1) is 22.9. The van der Waals surface area contributed by atoms with Crippen molar-refractivity contribution >= 4 is 0 Å². The summed E-state index contributed by atoms with van der Waals surface area (Å²) in [5.74, 6) is 1.29. The molecule has 2 aliphatic carbocycles. The van der Waals surface area contributed by atoms with Crippen LogP contribution in [0.2, 0.25) is 0 Å². The van der Waals surface area contributed by atoms with E-state index in [0.717, 1.165) is 57.1 Å². The lowest BCUT2D eigenvalue weighted by molar-refractivity contribution is -0.0565. The molecule has 4 heteroatoms. The first-order chi connectivity index (χ1) is 16.5. The van der Waals surface area contributed by atoms with Crippen LogP contribution in [0.5, 0.6) is 5.75 Å². The maximum atomic E-state index is 12.0. The van der Waals surface area contributed by atoms with Crippen molar-refractivity contribution in [2.45, 2.75) is 75.9 Å². The number of aliphatic hydroxyl groups is 1. The van der Waals surface area contributed by atoms with Crippen LogP contribution in [0.25, 0.3) is 0 Å². The molecule has 2 aromatic carbocycles. The van der Waals surface area contributed by atoms with E-state index in [9.17, 15) is 9.90 Å². The number of pyridine rings is 1. The summed E-state index contributed by atoms with van der Waals surface area (Å²) >= 11 is 0. The number of rotatable bonds is 7. The zero-order valence-corrected chi connectivity index (χ0v) is 20.1. The van der Waals surface area contributed by atoms with Gasteiger partial charge in [-0.1, -0.05) is 49.7 Å². The summed E-state index contributed by atoms with van der Waals surface area (Å²) < 4.78 is 6.03. The van der Waals surface area contributed by atoms with Gasteiger partial charge in [-0.3, -0.25) is 4.79 Å². The van der Waals surface area contributed by atoms with Crippen LogP contribution in [0, 0.1) is 5.92 Å². The number of aryl methyl sites for hydroxylation is 1. The van der Waals surface area contributed by atoms with Crippen LogP contribution in [0.3, 0.4) is 0 Å². The second-order valence-corrected chi connectivity index (χ2v) is 10.4. The fourth-order valence-corrected chi connectivity index (χ4v) is 6.54. The molecule has 3 aromatic rings. The van der Waals surface area contributed by atoms with Gasteiger partial charge in [0.25, 0.3) is 5.56 Å². The molecule has 0 aliphatic heterocycles. The maximum Gasteiger partial charge on any atom is 0.254 e. The van der Waals surface area contributed by atoms with Gasteiger partial charge in [-0.2, -0.15) is 0 Å². The zero-order valence-electron chi connectivity index (χ0n) is 20.1. The summed E-state index contributed by atoms with van der Waals surface area (Å²) in [5, 5.41) is 11.3. The van der Waals surface area contributed by atoms with Gasteiger partial charge in [0.2, 0.25) is 0 Å². The quantitative estimate of drug-likeness (QED) is 0.478. The molecule has 1 heterocycles. The highest BCUT2D eigenvalue weighted by Gasteiger charge is 2.51. The Labute approximate surface area is 202 Å². The molecule has 0 amide bonds. The second-order valence-electron chi connectivity index (χ2n) is 10.4. The van der Waals surface area contributed by atoms with E-state index in [-0.39, 0.29) is 17.6 Å². The van der Waals surface area contributed by atoms with Gasteiger partial charge in [0, 0.05) is 11.6 Å². The first-order valence-corrected chi connectivity index (χ1v) is 12.7. The van der Waals surface area contributed by atoms with E-state index in [2.05, 4.69) is 60.4 Å². The predicted octanol–water partition coefficient (Wildman–Crippen LogP) is 5.71. The van der Waals surface area contributed by atoms with Gasteiger partial charge in [0.15, 0.2) is 0 Å². The summed E-state index contributed by atoms with van der Waals surface area (Å²) in [4.78, 5) is 14.7. The van der Waals surface area contributed by atoms with Gasteiger partial charge in [0.05, 0.1) is 11.2 Å². The highest BCUT2D eigenvalue weighted by atomic mass is 16.5. The van der Waals surface area contributed by atoms with Crippen molar-refractivity contribution in [1.82, 2.24) is 4.98 Å². The third-order valence-electron chi connectivity index (χ3n) is 8.19. The SMILES string of the molecule is CCC[C@@]1(O)CC[C@@]2(Cc3ccccc3)c3ccc(OCc4ccc[nH]c4=O)cc3CC[C@@H]2C1. The Bertz CT molecular complexity index is 1190. The minimum absolute atomic E-state index is 0.0457. The first-order valence-electron chi connectivity index (χ1n) is 12.7. The number of hydrogen-bond acceptors (Lipinski definition) is 3. The van der Waals surface area contributed by atoms with Crippen LogP contribution in [-0.4, -0.2) is 15.7 Å². The Morgan fingerprint density at radius 3 is 2.74 bits per heavy atom. The van der Waals surface area contributed by atoms with Crippen LogP contribution in [0.4, 0.5) is 0 Å². The monoisotopic (exact) mass is 457 g/mol. The molecule has 0 bridgehead atoms. The Balaban J connectivity index is 1.46. The molecule has 0 spiro atoms. The molecule has 2 N–H and O–H groups in total. The highest BCUT2D eigenvalue weighted by Crippen LogP contribution is 2.55. The standard InChI is InChI=1S/C30H35NO3/c1-2-14-29(33)15-16-30(19-22-7-4-3-5-8-22)25(20-29)11-10-23-18-26(12-13-27(23)30)34-21-24-9-6-17-31-28(24)32/h3-9,12-13,17-18,25,33H,2,10-11,14-16,19-21H2,1H3,(H,31,32)/t25-,29-,30+/m1/s1. The minimum atomic E-state index is -0.525. The largest absolute Gasteiger partial charge is 0.489 e. The number of nitrogens with one attached hydrogen (secondary N) is 1. The normalized spacial score (nSPS) is 25.9. The molecule has 178 valence electrons. The number of aromatic nitrogens is 1. The van der Waals surface area contributed by atoms with E-state index in [1.165, 1.54) is 16.7 Å². The Hall–Kier alpha value is -2.85. The average Bonchev–Trinajstić information content (AvgIpc) is 2.84. The van der Waals surface area contributed by atoms with Gasteiger partial charge in [-0.15, -0.1) is 0 Å². The highest BCUT2D eigenvalue weighted by molar-refractivity contribution is 5.45. The van der Waals surface area contributed by atoms with Crippen LogP contribution in [0.1, 0.15) is 67.7 Å². The number of ether oxygens (including phenoxy) is 1. The zero-order chi connectivity index (χ0) is 23.6. The van der Waals surface area contributed by atoms with Crippen LogP contribution < -0.4 is 10.3 Å². The summed E-state index contributed by atoms with van der Waals surface area (Å²) in [6.07, 6.45) is 9.41. The van der Waals surface area contributed by atoms with Gasteiger partial charge in [0.1, 0.15) is 12.4 Å². The van der Waals surface area contributed by atoms with E-state index in [1.54, 1.807) is 12.3 Å². The topological polar surface area (TPSA) is 62.3 Å². The maximum absolute atomic E-state index is 12.0. The molecule has 0 radical (unpaired) electrons. The second kappa shape index (κ2) is 9.42. The van der Waals surface area contributed by atoms with Crippen molar-refractivity contribution in [3.63, 3.8) is 0 Å². The summed E-state index contributed by atoms with van der Waals surface area (Å²) in [5.41, 5.74) is 4.19. The van der Waals surface area contributed by atoms with Crippen molar-refractivity contribution in [2.24, 2.45) is 5.92 Å². The Morgan fingerprint density at radius 2 is 1.94 bits per heavy atom. The number of H-pyrrole nitrogens is 1. The van der Waals surface area contributed by atoms with Crippen molar-refractivity contribution < 1.29 is 9.84 Å². The van der Waals surface area contributed by atoms with Crippen molar-refractivity contribution in [2.75, 3.05) is 0 Å². The molecule has 0 unspecified atom stereocenters. The summed E-state index contributed by atoms with van der Waals surface area (Å²) in [7, 11) is 0. The lowest BCUT2D eigenvalue weighted by Crippen LogP contribution is -2.51. The van der Waals surface area contributed by atoms with Gasteiger partial charge in [-0.25, -0.2) is 0 Å². The molecular formula is C30H35NO3. The average molecular weight is 458 g/mol. The van der Waals surface area contributed by atoms with Crippen molar-refractivity contribution in [3.05, 3.63) is 99.5 Å². The fourth-order valence-electron chi connectivity index (χ4n) is 6.54. The molecule has 0 saturated heterocycles. The lowest BCUT2D eigenvalue weighted by atomic mass is 9.52. The van der Waals surface area contributed by atoms with E-state index < -0.39 is 5.60 Å². The molecule has 4 nitrogen and oxygen atoms in total. The van der Waals surface area contributed by atoms with Gasteiger partial charge < -0.3 is 14.8 Å². The molecule has 2 aliphatic rings. The molecule has 3 atom stereocenters. The van der Waals surface area contributed by atoms with E-state index in [1.807, 2.05) is 6.07 Å². The van der Waals surface area contributed by atoms with Crippen molar-refractivity contribution in [3.8, 4) is 5.75 Å². The van der Waals surface area contributed by atoms with Crippen LogP contribution >= 0.6 is 0 Å². The van der Waals surface area contributed by atoms with E-state index in [4.69, 9.17) is 4.74 Å². The predicted molar refractivity (Wildman–Crippen MR) is 135 cm³/mol. The van der Waals surface area contributed by atoms with E-state index >= 15 is 0 Å². The Kier molecular flexibility index (Phi) is 6.35. The van der Waals surface area contributed by atoms with E-state index in [0.29, 0.717) is 11.5 Å². The van der Waals surface area contributed by atoms with Crippen molar-refractivity contribution in [1.29, 1.82) is 0 Å². The number of hydrogen-bond donors (Lipinski definition) is 2. The van der Waals surface area contributed by atoms with Crippen LogP contribution in [0.15, 0.2) is 71.7 Å². The fraction of sp³-hybridized carbons (Fsp3) is 0.433. The molecular weight excluding hydrogens is 422 g/mol. The Morgan fingerprint density at radius 1 is 1.09 bits per heavy atom. The third kappa shape index (κ3) is 4.44. The van der Waals surface area contributed by atoms with Crippen LogP contribution in [-0.2, 0) is 24.9 Å². The minimum Gasteiger partial charge on any atom is -0.489 e. The summed E-state index contributed by atoms with van der Waals surface area (Å²) in [6.45, 7) is 2.43. The number of fused-ring (bicyclic) bond motifs is 3. The number of benzene rings is 2. The molecule has 5 rings (SSSR count). The van der Waals surface area contributed by atoms with Gasteiger partial charge in [-0.05, 0) is 91.8 Å². The lowest BCUT2D eigenvalue weighted by Gasteiger charge is -2.53. The smallest absolute Gasteiger partial charge is 0.254 e. The third-order valence-corrected chi connectivity index (χ3v) is 8.19. The van der Waals surface area contributed by atoms with Gasteiger partial charge >= 0.3 is 0 Å². The molecule has 1 fully saturated rings. The molecule has 34 heavy (non-hydrogen) atoms. The molecule has 1 saturated carbocycles. The number of aromatic amines is 1.